The van der Waals surface area contributed by atoms with E-state index in [1.54, 1.807) is 0 Å². The van der Waals surface area contributed by atoms with Crippen LogP contribution in [0.15, 0.2) is 0 Å². The van der Waals surface area contributed by atoms with Crippen LogP contribution in [0.4, 0.5) is 0 Å². The summed E-state index contributed by atoms with van der Waals surface area (Å²) in [5, 5.41) is 8.14. The molecule has 3 heteroatoms. The van der Waals surface area contributed by atoms with Crippen molar-refractivity contribution in [2.24, 2.45) is 0 Å². The fourth-order valence-corrected chi connectivity index (χ4v) is 16.2. The predicted molar refractivity (Wildman–Crippen MR) is 88.7 cm³/mol. The van der Waals surface area contributed by atoms with Crippen LogP contribution in [0.1, 0.15) is 74.1 Å². The second-order valence-electron chi connectivity index (χ2n) is 6.44. The van der Waals surface area contributed by atoms with E-state index >= 15 is 0 Å². The van der Waals surface area contributed by atoms with Crippen LogP contribution in [-0.2, 0) is 4.79 Å². The molecule has 0 aromatic rings. The van der Waals surface area contributed by atoms with Crippen molar-refractivity contribution in [3.8, 4) is 0 Å². The molecule has 19 heavy (non-hydrogen) atoms. The number of aliphatic carboxylic acids is 1. The fourth-order valence-electron chi connectivity index (χ4n) is 2.87. The summed E-state index contributed by atoms with van der Waals surface area (Å²) in [6.45, 7) is 16.7. The van der Waals surface area contributed by atoms with Gasteiger partial charge in [0.05, 0.1) is 0 Å². The van der Waals surface area contributed by atoms with Gasteiger partial charge in [-0.1, -0.05) is 19.8 Å². The molecule has 0 bridgehead atoms. The van der Waals surface area contributed by atoms with Gasteiger partial charge in [-0.15, -0.1) is 0 Å². The van der Waals surface area contributed by atoms with Crippen molar-refractivity contribution in [1.29, 1.82) is 0 Å². The molecule has 0 saturated heterocycles. The maximum atomic E-state index is 9.87. The van der Waals surface area contributed by atoms with E-state index < -0.39 is 24.3 Å². The van der Waals surface area contributed by atoms with Gasteiger partial charge in [-0.05, 0) is 6.42 Å². The van der Waals surface area contributed by atoms with Gasteiger partial charge >= 0.3 is 82.6 Å². The standard InChI is InChI=1S/C6H12O2.C4H9.3C2H5.Sn/c1-2-3-4-5-6(7)8;1-4(2)3;3*1-2;/h2-5H2,1H3,(H,7,8);1-3H3;3*1H2,2H3;. The minimum absolute atomic E-state index is 0.327. The van der Waals surface area contributed by atoms with Crippen LogP contribution in [0, 0.1) is 0 Å². The van der Waals surface area contributed by atoms with Crippen molar-refractivity contribution in [2.75, 3.05) is 0 Å². The third-order valence-corrected chi connectivity index (χ3v) is 25.3. The zero-order valence-corrected chi connectivity index (χ0v) is 17.2. The predicted octanol–water partition coefficient (Wildman–Crippen LogP) is 5.95. The van der Waals surface area contributed by atoms with Gasteiger partial charge in [0.1, 0.15) is 0 Å². The van der Waals surface area contributed by atoms with Crippen LogP contribution in [0.25, 0.3) is 0 Å². The number of carboxylic acid groups (broad SMARTS) is 1. The van der Waals surface area contributed by atoms with Gasteiger partial charge in [-0.2, -0.15) is 0 Å². The first-order chi connectivity index (χ1) is 8.70. The average Bonchev–Trinajstić information content (AvgIpc) is 2.31. The summed E-state index contributed by atoms with van der Waals surface area (Å²) in [6, 6.07) is 0. The van der Waals surface area contributed by atoms with Gasteiger partial charge in [0.15, 0.2) is 0 Å². The molecule has 0 atom stereocenters. The molecule has 0 fully saturated rings. The summed E-state index contributed by atoms with van der Waals surface area (Å²) >= 11 is -1.68. The monoisotopic (exact) mass is 380 g/mol. The first kappa shape index (κ1) is 21.6. The van der Waals surface area contributed by atoms with E-state index in [4.69, 9.17) is 5.11 Å². The average molecular weight is 379 g/mol. The van der Waals surface area contributed by atoms with Crippen molar-refractivity contribution in [3.05, 3.63) is 0 Å². The van der Waals surface area contributed by atoms with Crippen molar-refractivity contribution in [1.82, 2.24) is 0 Å². The molecule has 0 aromatic heterocycles. The molecule has 0 radical (unpaired) electrons. The Kier molecular flexibility index (Phi) is 12.5. The van der Waals surface area contributed by atoms with Crippen LogP contribution >= 0.6 is 0 Å². The number of unbranched alkanes of at least 4 members (excludes halogenated alkanes) is 2. The number of hydrogen-bond acceptors (Lipinski definition) is 1. The molecule has 1 N–H and O–H groups in total. The molecule has 0 aromatic carbocycles. The van der Waals surface area contributed by atoms with Gasteiger partial charge in [-0.3, -0.25) is 4.79 Å². The van der Waals surface area contributed by atoms with Gasteiger partial charge < -0.3 is 5.11 Å². The Morgan fingerprint density at radius 1 is 0.947 bits per heavy atom. The van der Waals surface area contributed by atoms with Crippen molar-refractivity contribution >= 4 is 24.3 Å². The zero-order valence-electron chi connectivity index (χ0n) is 14.3. The van der Waals surface area contributed by atoms with Gasteiger partial charge in [0.25, 0.3) is 0 Å². The van der Waals surface area contributed by atoms with Crippen LogP contribution in [-0.4, -0.2) is 29.5 Å². The summed E-state index contributed by atoms with van der Waals surface area (Å²) in [6.07, 6.45) is 3.28. The van der Waals surface area contributed by atoms with Crippen LogP contribution in [0.5, 0.6) is 0 Å². The van der Waals surface area contributed by atoms with E-state index in [9.17, 15) is 4.79 Å². The quantitative estimate of drug-likeness (QED) is 0.439. The summed E-state index contributed by atoms with van der Waals surface area (Å²) in [5.74, 6) is -0.682. The van der Waals surface area contributed by atoms with Crippen molar-refractivity contribution < 1.29 is 9.90 Å². The van der Waals surface area contributed by atoms with E-state index in [0.29, 0.717) is 9.85 Å². The Labute approximate surface area is 125 Å². The van der Waals surface area contributed by atoms with Gasteiger partial charge in [-0.25, -0.2) is 0 Å². The third-order valence-electron chi connectivity index (χ3n) is 4.62. The molecule has 0 amide bonds. The molecule has 0 unspecified atom stereocenters. The molecule has 0 aliphatic carbocycles. The molecule has 2 nitrogen and oxygen atoms in total. The Balaban J connectivity index is 0. The molecule has 0 saturated carbocycles. The van der Waals surface area contributed by atoms with E-state index in [2.05, 4.69) is 48.5 Å². The second-order valence-corrected chi connectivity index (χ2v) is 24.1. The Hall–Kier alpha value is 0.269. The molecule has 0 rings (SSSR count). The van der Waals surface area contributed by atoms with E-state index in [1.165, 1.54) is 13.3 Å². The number of carboxylic acids is 1. The Morgan fingerprint density at radius 3 is 1.53 bits per heavy atom. The summed E-state index contributed by atoms with van der Waals surface area (Å²) < 4.78 is 5.23. The second kappa shape index (κ2) is 11.0. The van der Waals surface area contributed by atoms with Crippen molar-refractivity contribution in [2.45, 2.75) is 90.9 Å². The minimum atomic E-state index is -1.68. The van der Waals surface area contributed by atoms with Gasteiger partial charge in [0.2, 0.25) is 0 Å². The summed E-state index contributed by atoms with van der Waals surface area (Å²) in [7, 11) is 0. The molecule has 116 valence electrons. The molecule has 0 heterocycles. The van der Waals surface area contributed by atoms with Crippen LogP contribution in [0.2, 0.25) is 16.7 Å². The first-order valence-electron chi connectivity index (χ1n) is 7.92. The SMILES string of the molecule is CCCCCC(=O)O.C[CH2][Sn]([CH2]C)([CH2]C)[C](C)(C)C. The van der Waals surface area contributed by atoms with Crippen LogP contribution < -0.4 is 0 Å². The molecular weight excluding hydrogens is 343 g/mol. The topological polar surface area (TPSA) is 37.3 Å². The molecule has 0 spiro atoms. The van der Waals surface area contributed by atoms with E-state index in [1.807, 2.05) is 0 Å². The van der Waals surface area contributed by atoms with Crippen LogP contribution in [0.3, 0.4) is 0 Å². The van der Waals surface area contributed by atoms with Gasteiger partial charge in [0, 0.05) is 6.42 Å². The molecule has 0 aliphatic heterocycles. The van der Waals surface area contributed by atoms with E-state index in [-0.39, 0.29) is 0 Å². The number of rotatable bonds is 7. The Morgan fingerprint density at radius 2 is 1.37 bits per heavy atom. The molecular formula is C16H36O2Sn. The fraction of sp³-hybridized carbons (Fsp3) is 0.938. The summed E-state index contributed by atoms with van der Waals surface area (Å²) in [5.41, 5.74) is 0. The summed E-state index contributed by atoms with van der Waals surface area (Å²) in [4.78, 5) is 9.87. The molecule has 0 aliphatic rings. The number of hydrogen-bond donors (Lipinski definition) is 1. The zero-order chi connectivity index (χ0) is 15.5. The first-order valence-corrected chi connectivity index (χ1v) is 15.4. The third kappa shape index (κ3) is 8.93. The Bertz CT molecular complexity index is 219. The maximum absolute atomic E-state index is 9.87. The van der Waals surface area contributed by atoms with Crippen molar-refractivity contribution in [3.63, 3.8) is 0 Å². The number of carbonyl (C=O) groups is 1. The van der Waals surface area contributed by atoms with E-state index in [0.717, 1.165) is 19.3 Å². The normalized spacial score (nSPS) is 11.7.